The summed E-state index contributed by atoms with van der Waals surface area (Å²) in [6.45, 7) is 0.904. The molecule has 0 amide bonds. The summed E-state index contributed by atoms with van der Waals surface area (Å²) in [5, 5.41) is 0. The van der Waals surface area contributed by atoms with E-state index in [1.54, 1.807) is 25.2 Å². The van der Waals surface area contributed by atoms with E-state index in [-0.39, 0.29) is 18.0 Å². The Bertz CT molecular complexity index is 1000. The summed E-state index contributed by atoms with van der Waals surface area (Å²) < 4.78 is 52.0. The van der Waals surface area contributed by atoms with E-state index >= 15 is 0 Å². The molecule has 8 heteroatoms. The van der Waals surface area contributed by atoms with Crippen molar-refractivity contribution in [2.45, 2.75) is 24.4 Å². The van der Waals surface area contributed by atoms with Crippen LogP contribution < -0.4 is 0 Å². The smallest absolute Gasteiger partial charge is 0.212 e. The molecule has 0 saturated carbocycles. The van der Waals surface area contributed by atoms with E-state index in [9.17, 15) is 16.8 Å². The van der Waals surface area contributed by atoms with E-state index in [1.165, 1.54) is 14.9 Å². The number of benzene rings is 2. The zero-order valence-electron chi connectivity index (χ0n) is 14.8. The first kappa shape index (κ1) is 19.0. The summed E-state index contributed by atoms with van der Waals surface area (Å²) in [6, 6.07) is 14.4. The SMILES string of the molecule is CN(Cc1ccccc1)S(=O)(=O)c1ccc2c(c1)CN(S(C)(=O)=O)CC2. The van der Waals surface area contributed by atoms with Crippen molar-refractivity contribution in [3.63, 3.8) is 0 Å². The van der Waals surface area contributed by atoms with Gasteiger partial charge in [-0.15, -0.1) is 0 Å². The van der Waals surface area contributed by atoms with E-state index in [0.29, 0.717) is 13.0 Å². The van der Waals surface area contributed by atoms with E-state index in [4.69, 9.17) is 0 Å². The van der Waals surface area contributed by atoms with Crippen molar-refractivity contribution >= 4 is 20.0 Å². The van der Waals surface area contributed by atoms with Gasteiger partial charge in [-0.25, -0.2) is 16.8 Å². The van der Waals surface area contributed by atoms with Gasteiger partial charge in [0.15, 0.2) is 0 Å². The van der Waals surface area contributed by atoms with Crippen molar-refractivity contribution < 1.29 is 16.8 Å². The molecule has 2 aromatic rings. The van der Waals surface area contributed by atoms with Crippen LogP contribution in [0.15, 0.2) is 53.4 Å². The maximum Gasteiger partial charge on any atom is 0.243 e. The fourth-order valence-corrected chi connectivity index (χ4v) is 5.06. The highest BCUT2D eigenvalue weighted by Gasteiger charge is 2.26. The Morgan fingerprint density at radius 2 is 1.69 bits per heavy atom. The van der Waals surface area contributed by atoms with Crippen LogP contribution in [-0.2, 0) is 39.6 Å². The normalized spacial score (nSPS) is 15.8. The molecule has 0 unspecified atom stereocenters. The fourth-order valence-electron chi connectivity index (χ4n) is 3.06. The molecule has 0 N–H and O–H groups in total. The number of nitrogens with zero attached hydrogens (tertiary/aromatic N) is 2. The molecule has 1 heterocycles. The zero-order valence-corrected chi connectivity index (χ0v) is 16.4. The Morgan fingerprint density at radius 3 is 2.35 bits per heavy atom. The molecule has 140 valence electrons. The Hall–Kier alpha value is -1.74. The first-order valence-corrected chi connectivity index (χ1v) is 11.5. The second-order valence-electron chi connectivity index (χ2n) is 6.52. The van der Waals surface area contributed by atoms with Crippen LogP contribution in [0.25, 0.3) is 0 Å². The average Bonchev–Trinajstić information content (AvgIpc) is 2.60. The summed E-state index contributed by atoms with van der Waals surface area (Å²) in [5.74, 6) is 0. The third-order valence-corrected chi connectivity index (χ3v) is 7.63. The zero-order chi connectivity index (χ0) is 18.9. The predicted octanol–water partition coefficient (Wildman–Crippen LogP) is 1.83. The lowest BCUT2D eigenvalue weighted by Crippen LogP contribution is -2.35. The second kappa shape index (κ2) is 7.11. The monoisotopic (exact) mass is 394 g/mol. The van der Waals surface area contributed by atoms with Crippen molar-refractivity contribution in [2.75, 3.05) is 19.8 Å². The summed E-state index contributed by atoms with van der Waals surface area (Å²) in [6.07, 6.45) is 1.76. The number of sulfonamides is 2. The first-order chi connectivity index (χ1) is 12.2. The molecule has 0 bridgehead atoms. The van der Waals surface area contributed by atoms with Crippen LogP contribution in [0.1, 0.15) is 16.7 Å². The molecule has 26 heavy (non-hydrogen) atoms. The van der Waals surface area contributed by atoms with Crippen LogP contribution in [0.5, 0.6) is 0 Å². The summed E-state index contributed by atoms with van der Waals surface area (Å²) >= 11 is 0. The van der Waals surface area contributed by atoms with Gasteiger partial charge < -0.3 is 0 Å². The Labute approximate surface area is 155 Å². The van der Waals surface area contributed by atoms with Gasteiger partial charge in [-0.05, 0) is 35.2 Å². The molecule has 2 aromatic carbocycles. The van der Waals surface area contributed by atoms with Crippen molar-refractivity contribution in [1.82, 2.24) is 8.61 Å². The molecule has 1 aliphatic heterocycles. The predicted molar refractivity (Wildman–Crippen MR) is 100 cm³/mol. The van der Waals surface area contributed by atoms with Gasteiger partial charge in [0.05, 0.1) is 11.2 Å². The highest BCUT2D eigenvalue weighted by atomic mass is 32.2. The van der Waals surface area contributed by atoms with Crippen LogP contribution in [0.3, 0.4) is 0 Å². The minimum atomic E-state index is -3.66. The van der Waals surface area contributed by atoms with Crippen molar-refractivity contribution in [2.24, 2.45) is 0 Å². The standard InChI is InChI=1S/C18H22N2O4S2/c1-19(13-15-6-4-3-5-7-15)26(23,24)18-9-8-16-10-11-20(25(2,21)22)14-17(16)12-18/h3-9,12H,10-11,13-14H2,1-2H3. The summed E-state index contributed by atoms with van der Waals surface area (Å²) in [4.78, 5) is 0.185. The topological polar surface area (TPSA) is 74.8 Å². The Kier molecular flexibility index (Phi) is 5.21. The molecule has 0 aliphatic carbocycles. The molecule has 1 aliphatic rings. The molecule has 0 radical (unpaired) electrons. The molecule has 0 saturated heterocycles. The largest absolute Gasteiger partial charge is 0.243 e. The molecule has 0 fully saturated rings. The van der Waals surface area contributed by atoms with Gasteiger partial charge in [-0.1, -0.05) is 36.4 Å². The maximum atomic E-state index is 12.9. The Morgan fingerprint density at radius 1 is 1.00 bits per heavy atom. The molecular weight excluding hydrogens is 372 g/mol. The molecule has 0 aromatic heterocycles. The molecule has 0 spiro atoms. The third kappa shape index (κ3) is 3.98. The maximum absolute atomic E-state index is 12.9. The van der Waals surface area contributed by atoms with Gasteiger partial charge >= 0.3 is 0 Å². The lowest BCUT2D eigenvalue weighted by atomic mass is 10.0. The van der Waals surface area contributed by atoms with Gasteiger partial charge in [0, 0.05) is 26.7 Å². The highest BCUT2D eigenvalue weighted by Crippen LogP contribution is 2.25. The summed E-state index contributed by atoms with van der Waals surface area (Å²) in [7, 11) is -5.41. The third-order valence-electron chi connectivity index (χ3n) is 4.58. The lowest BCUT2D eigenvalue weighted by Gasteiger charge is -2.27. The molecule has 3 rings (SSSR count). The van der Waals surface area contributed by atoms with Crippen LogP contribution in [0, 0.1) is 0 Å². The lowest BCUT2D eigenvalue weighted by molar-refractivity contribution is 0.394. The van der Waals surface area contributed by atoms with Crippen LogP contribution in [0.4, 0.5) is 0 Å². The van der Waals surface area contributed by atoms with Crippen LogP contribution in [-0.4, -0.2) is 45.3 Å². The average molecular weight is 395 g/mol. The van der Waals surface area contributed by atoms with Gasteiger partial charge in [0.1, 0.15) is 0 Å². The number of rotatable bonds is 5. The van der Waals surface area contributed by atoms with Crippen molar-refractivity contribution in [1.29, 1.82) is 0 Å². The fraction of sp³-hybridized carbons (Fsp3) is 0.333. The van der Waals surface area contributed by atoms with Gasteiger partial charge in [0.2, 0.25) is 20.0 Å². The minimum absolute atomic E-state index is 0.185. The van der Waals surface area contributed by atoms with E-state index in [0.717, 1.165) is 16.7 Å². The van der Waals surface area contributed by atoms with Gasteiger partial charge in [-0.2, -0.15) is 8.61 Å². The van der Waals surface area contributed by atoms with Crippen molar-refractivity contribution in [3.05, 3.63) is 65.2 Å². The highest BCUT2D eigenvalue weighted by molar-refractivity contribution is 7.89. The number of fused-ring (bicyclic) bond motifs is 1. The van der Waals surface area contributed by atoms with Gasteiger partial charge in [-0.3, -0.25) is 0 Å². The van der Waals surface area contributed by atoms with E-state index in [1.807, 2.05) is 30.3 Å². The second-order valence-corrected chi connectivity index (χ2v) is 10.6. The molecule has 0 atom stereocenters. The van der Waals surface area contributed by atoms with E-state index in [2.05, 4.69) is 0 Å². The summed E-state index contributed by atoms with van der Waals surface area (Å²) in [5.41, 5.74) is 2.64. The van der Waals surface area contributed by atoms with Gasteiger partial charge in [0.25, 0.3) is 0 Å². The quantitative estimate of drug-likeness (QED) is 0.775. The van der Waals surface area contributed by atoms with Crippen molar-refractivity contribution in [3.8, 4) is 0 Å². The molecular formula is C18H22N2O4S2. The van der Waals surface area contributed by atoms with E-state index < -0.39 is 20.0 Å². The van der Waals surface area contributed by atoms with Crippen LogP contribution >= 0.6 is 0 Å². The number of hydrogen-bond donors (Lipinski definition) is 0. The molecule has 6 nitrogen and oxygen atoms in total. The first-order valence-electron chi connectivity index (χ1n) is 8.25. The Balaban J connectivity index is 1.87. The minimum Gasteiger partial charge on any atom is -0.212 e. The number of hydrogen-bond acceptors (Lipinski definition) is 4. The van der Waals surface area contributed by atoms with Crippen LogP contribution in [0.2, 0.25) is 0 Å².